The van der Waals surface area contributed by atoms with Crippen molar-refractivity contribution in [3.05, 3.63) is 41.3 Å². The lowest BCUT2D eigenvalue weighted by Gasteiger charge is -2.07. The van der Waals surface area contributed by atoms with Crippen LogP contribution in [-0.2, 0) is 0 Å². The van der Waals surface area contributed by atoms with Gasteiger partial charge in [0.15, 0.2) is 0 Å². The van der Waals surface area contributed by atoms with Crippen LogP contribution in [0.25, 0.3) is 11.3 Å². The summed E-state index contributed by atoms with van der Waals surface area (Å²) in [4.78, 5) is 8.68. The Kier molecular flexibility index (Phi) is 3.02. The summed E-state index contributed by atoms with van der Waals surface area (Å²) in [5, 5.41) is 1.22. The molecule has 1 unspecified atom stereocenters. The van der Waals surface area contributed by atoms with Crippen molar-refractivity contribution in [2.45, 2.75) is 20.8 Å². The fourth-order valence-electron chi connectivity index (χ4n) is 1.61. The molecule has 0 bridgehead atoms. The third-order valence-electron chi connectivity index (χ3n) is 2.64. The van der Waals surface area contributed by atoms with E-state index in [0.717, 1.165) is 22.6 Å². The van der Waals surface area contributed by atoms with Crippen molar-refractivity contribution in [3.63, 3.8) is 0 Å². The maximum absolute atomic E-state index is 4.49. The van der Waals surface area contributed by atoms with Gasteiger partial charge in [0.1, 0.15) is 5.82 Å². The predicted molar refractivity (Wildman–Crippen MR) is 71.0 cm³/mol. The minimum absolute atomic E-state index is 0.812. The number of hydrogen-bond acceptors (Lipinski definition) is 2. The van der Waals surface area contributed by atoms with E-state index in [4.69, 9.17) is 0 Å². The van der Waals surface area contributed by atoms with Crippen LogP contribution in [0.4, 0.5) is 0 Å². The molecule has 0 spiro atoms. The molecule has 0 aliphatic carbocycles. The molecule has 1 aromatic carbocycles. The van der Waals surface area contributed by atoms with Crippen LogP contribution in [0.15, 0.2) is 24.4 Å². The number of aromatic nitrogens is 2. The molecule has 0 aliphatic rings. The van der Waals surface area contributed by atoms with Crippen molar-refractivity contribution in [3.8, 4) is 11.3 Å². The highest BCUT2D eigenvalue weighted by Crippen LogP contribution is 2.20. The molecule has 0 saturated heterocycles. The Balaban J connectivity index is 2.58. The summed E-state index contributed by atoms with van der Waals surface area (Å²) in [6.07, 6.45) is 1.88. The largest absolute Gasteiger partial charge is 0.241 e. The molecular formula is C13H15N2P. The molecule has 82 valence electrons. The second kappa shape index (κ2) is 4.31. The first-order chi connectivity index (χ1) is 7.58. The van der Waals surface area contributed by atoms with E-state index < -0.39 is 0 Å². The van der Waals surface area contributed by atoms with Crippen molar-refractivity contribution < 1.29 is 0 Å². The van der Waals surface area contributed by atoms with Gasteiger partial charge in [-0.15, -0.1) is 9.24 Å². The van der Waals surface area contributed by atoms with Crippen molar-refractivity contribution >= 4 is 14.5 Å². The van der Waals surface area contributed by atoms with Crippen LogP contribution in [0, 0.1) is 20.8 Å². The van der Waals surface area contributed by atoms with E-state index in [1.165, 1.54) is 10.9 Å². The minimum atomic E-state index is 0.812. The Morgan fingerprint density at radius 1 is 1.06 bits per heavy atom. The third kappa shape index (κ3) is 2.12. The zero-order chi connectivity index (χ0) is 11.7. The highest BCUT2D eigenvalue weighted by Gasteiger charge is 2.05. The predicted octanol–water partition coefficient (Wildman–Crippen LogP) is 2.57. The summed E-state index contributed by atoms with van der Waals surface area (Å²) in [6.45, 7) is 6.06. The van der Waals surface area contributed by atoms with E-state index in [-0.39, 0.29) is 0 Å². The van der Waals surface area contributed by atoms with Gasteiger partial charge in [-0.05, 0) is 43.3 Å². The quantitative estimate of drug-likeness (QED) is 0.704. The van der Waals surface area contributed by atoms with Crippen LogP contribution in [-0.4, -0.2) is 9.97 Å². The van der Waals surface area contributed by atoms with E-state index in [1.807, 2.05) is 20.0 Å². The second-order valence-corrected chi connectivity index (χ2v) is 4.64. The smallest absolute Gasteiger partial charge is 0.125 e. The lowest BCUT2D eigenvalue weighted by Crippen LogP contribution is -2.00. The maximum Gasteiger partial charge on any atom is 0.125 e. The molecule has 1 atom stereocenters. The van der Waals surface area contributed by atoms with Gasteiger partial charge in [0.05, 0.1) is 5.69 Å². The van der Waals surface area contributed by atoms with Crippen molar-refractivity contribution in [2.75, 3.05) is 0 Å². The van der Waals surface area contributed by atoms with Gasteiger partial charge in [0.25, 0.3) is 0 Å². The average molecular weight is 230 g/mol. The van der Waals surface area contributed by atoms with Gasteiger partial charge >= 0.3 is 0 Å². The van der Waals surface area contributed by atoms with Crippen LogP contribution in [0.2, 0.25) is 0 Å². The van der Waals surface area contributed by atoms with Gasteiger partial charge in [0.2, 0.25) is 0 Å². The van der Waals surface area contributed by atoms with Crippen molar-refractivity contribution in [1.82, 2.24) is 9.97 Å². The summed E-state index contributed by atoms with van der Waals surface area (Å²) in [6, 6.07) is 6.38. The van der Waals surface area contributed by atoms with Gasteiger partial charge in [-0.3, -0.25) is 0 Å². The molecule has 1 aromatic heterocycles. The highest BCUT2D eigenvalue weighted by molar-refractivity contribution is 7.27. The lowest BCUT2D eigenvalue weighted by molar-refractivity contribution is 1.04. The van der Waals surface area contributed by atoms with Crippen LogP contribution in [0.5, 0.6) is 0 Å². The molecule has 2 rings (SSSR count). The monoisotopic (exact) mass is 230 g/mol. The summed E-state index contributed by atoms with van der Waals surface area (Å²) in [5.41, 5.74) is 4.56. The molecule has 3 heteroatoms. The zero-order valence-corrected chi connectivity index (χ0v) is 10.9. The number of hydrogen-bond donors (Lipinski definition) is 0. The third-order valence-corrected chi connectivity index (χ3v) is 3.27. The van der Waals surface area contributed by atoms with Gasteiger partial charge in [-0.1, -0.05) is 12.1 Å². The van der Waals surface area contributed by atoms with E-state index >= 15 is 0 Å². The fourth-order valence-corrected chi connectivity index (χ4v) is 1.89. The number of aryl methyl sites for hydroxylation is 3. The number of benzene rings is 1. The summed E-state index contributed by atoms with van der Waals surface area (Å²) >= 11 is 0. The highest BCUT2D eigenvalue weighted by atomic mass is 31.0. The first-order valence-corrected chi connectivity index (χ1v) is 5.82. The standard InChI is InChI=1S/C13H15N2P/c1-8-4-5-11(6-12(8)16)13-9(2)7-14-10(3)15-13/h4-7H,16H2,1-3H3. The molecule has 2 nitrogen and oxygen atoms in total. The average Bonchev–Trinajstić information content (AvgIpc) is 2.26. The summed E-state index contributed by atoms with van der Waals surface area (Å²) in [5.74, 6) is 0.812. The molecule has 16 heavy (non-hydrogen) atoms. The topological polar surface area (TPSA) is 25.8 Å². The van der Waals surface area contributed by atoms with Crippen LogP contribution < -0.4 is 5.30 Å². The first kappa shape index (κ1) is 11.2. The molecule has 0 saturated carbocycles. The fraction of sp³-hybridized carbons (Fsp3) is 0.231. The zero-order valence-electron chi connectivity index (χ0n) is 9.78. The minimum Gasteiger partial charge on any atom is -0.241 e. The van der Waals surface area contributed by atoms with Crippen LogP contribution >= 0.6 is 9.24 Å². The Morgan fingerprint density at radius 3 is 2.50 bits per heavy atom. The van der Waals surface area contributed by atoms with Crippen LogP contribution in [0.3, 0.4) is 0 Å². The molecule has 0 aliphatic heterocycles. The van der Waals surface area contributed by atoms with Crippen molar-refractivity contribution in [1.29, 1.82) is 0 Å². The molecule has 0 radical (unpaired) electrons. The Morgan fingerprint density at radius 2 is 1.81 bits per heavy atom. The van der Waals surface area contributed by atoms with E-state index in [9.17, 15) is 0 Å². The number of rotatable bonds is 1. The number of nitrogens with zero attached hydrogens (tertiary/aromatic N) is 2. The van der Waals surface area contributed by atoms with Gasteiger partial charge in [-0.25, -0.2) is 9.97 Å². The normalized spacial score (nSPS) is 10.5. The van der Waals surface area contributed by atoms with Gasteiger partial charge < -0.3 is 0 Å². The summed E-state index contributed by atoms with van der Waals surface area (Å²) < 4.78 is 0. The van der Waals surface area contributed by atoms with Gasteiger partial charge in [0, 0.05) is 11.8 Å². The molecule has 0 fully saturated rings. The molecule has 1 heterocycles. The van der Waals surface area contributed by atoms with E-state index in [2.05, 4.69) is 44.3 Å². The van der Waals surface area contributed by atoms with Crippen molar-refractivity contribution in [2.24, 2.45) is 0 Å². The molecular weight excluding hydrogens is 215 g/mol. The summed E-state index contributed by atoms with van der Waals surface area (Å²) in [7, 11) is 2.76. The van der Waals surface area contributed by atoms with Gasteiger partial charge in [-0.2, -0.15) is 0 Å². The second-order valence-electron chi connectivity index (χ2n) is 4.02. The first-order valence-electron chi connectivity index (χ1n) is 5.24. The molecule has 2 aromatic rings. The maximum atomic E-state index is 4.49. The van der Waals surface area contributed by atoms with E-state index in [1.54, 1.807) is 0 Å². The Labute approximate surface area is 98.4 Å². The lowest BCUT2D eigenvalue weighted by atomic mass is 10.1. The Hall–Kier alpha value is -1.27. The van der Waals surface area contributed by atoms with Crippen LogP contribution in [0.1, 0.15) is 17.0 Å². The molecule has 0 N–H and O–H groups in total. The Bertz CT molecular complexity index is 535. The SMILES string of the molecule is Cc1ncc(C)c(-c2ccc(C)c(P)c2)n1. The van der Waals surface area contributed by atoms with E-state index in [0.29, 0.717) is 0 Å². The molecule has 0 amide bonds.